The Bertz CT molecular complexity index is 1320. The summed E-state index contributed by atoms with van der Waals surface area (Å²) in [6.45, 7) is 1.45. The molecule has 3 aromatic carbocycles. The molecule has 0 fully saturated rings. The lowest BCUT2D eigenvalue weighted by Crippen LogP contribution is -2.28. The van der Waals surface area contributed by atoms with E-state index in [0.29, 0.717) is 11.3 Å². The maximum atomic E-state index is 12.8. The number of amides is 2. The Morgan fingerprint density at radius 2 is 1.50 bits per heavy atom. The lowest BCUT2D eigenvalue weighted by molar-refractivity contribution is -0.0500. The fourth-order valence-electron chi connectivity index (χ4n) is 2.81. The number of hydrogen-bond donors (Lipinski definition) is 2. The molecule has 12 heteroatoms. The van der Waals surface area contributed by atoms with Gasteiger partial charge >= 0.3 is 15.6 Å². The standard InChI is InChI=1S/C22H16BrF3N2O5S/c1-13-10-17(33-34(31,32)22(24,25)26)12-18(23)19(13)28-21(30)15-8-5-9-16(11-15)27-20(29)14-6-3-2-4-7-14/h2-12H,1H3,(H,27,29)(H,28,30). The van der Waals surface area contributed by atoms with Gasteiger partial charge in [-0.2, -0.15) is 21.6 Å². The van der Waals surface area contributed by atoms with Gasteiger partial charge in [-0.3, -0.25) is 9.59 Å². The molecule has 0 aliphatic rings. The van der Waals surface area contributed by atoms with Gasteiger partial charge in [-0.25, -0.2) is 0 Å². The first-order valence-corrected chi connectivity index (χ1v) is 11.7. The first kappa shape index (κ1) is 25.2. The van der Waals surface area contributed by atoms with Crippen molar-refractivity contribution in [2.24, 2.45) is 0 Å². The molecule has 2 amide bonds. The summed E-state index contributed by atoms with van der Waals surface area (Å²) in [5, 5.41) is 5.29. The van der Waals surface area contributed by atoms with Crippen molar-refractivity contribution in [2.75, 3.05) is 10.6 Å². The molecule has 3 aromatic rings. The van der Waals surface area contributed by atoms with Gasteiger partial charge in [-0.05, 0) is 70.9 Å². The van der Waals surface area contributed by atoms with E-state index in [1.54, 1.807) is 42.5 Å². The van der Waals surface area contributed by atoms with E-state index in [0.717, 1.165) is 12.1 Å². The molecule has 0 atom stereocenters. The van der Waals surface area contributed by atoms with E-state index in [1.165, 1.54) is 19.1 Å². The smallest absolute Gasteiger partial charge is 0.376 e. The molecule has 178 valence electrons. The summed E-state index contributed by atoms with van der Waals surface area (Å²) in [6.07, 6.45) is 0. The van der Waals surface area contributed by atoms with Crippen LogP contribution in [0.15, 0.2) is 71.2 Å². The van der Waals surface area contributed by atoms with Crippen molar-refractivity contribution in [3.8, 4) is 5.75 Å². The zero-order valence-corrected chi connectivity index (χ0v) is 19.7. The van der Waals surface area contributed by atoms with Crippen LogP contribution in [-0.4, -0.2) is 25.7 Å². The molecule has 0 aliphatic carbocycles. The minimum atomic E-state index is -5.84. The van der Waals surface area contributed by atoms with Crippen molar-refractivity contribution in [3.05, 3.63) is 87.9 Å². The maximum Gasteiger partial charge on any atom is 0.534 e. The number of anilines is 2. The maximum absolute atomic E-state index is 12.8. The van der Waals surface area contributed by atoms with Gasteiger partial charge < -0.3 is 14.8 Å². The Balaban J connectivity index is 1.77. The number of benzene rings is 3. The van der Waals surface area contributed by atoms with E-state index >= 15 is 0 Å². The molecule has 0 radical (unpaired) electrons. The van der Waals surface area contributed by atoms with Crippen molar-refractivity contribution in [1.82, 2.24) is 0 Å². The van der Waals surface area contributed by atoms with Crippen LogP contribution in [0.2, 0.25) is 0 Å². The number of hydrogen-bond acceptors (Lipinski definition) is 5. The number of halogens is 4. The first-order valence-electron chi connectivity index (χ1n) is 9.46. The normalized spacial score (nSPS) is 11.6. The Labute approximate surface area is 201 Å². The van der Waals surface area contributed by atoms with E-state index in [2.05, 4.69) is 30.7 Å². The van der Waals surface area contributed by atoms with Crippen molar-refractivity contribution in [2.45, 2.75) is 12.4 Å². The van der Waals surface area contributed by atoms with Gasteiger partial charge in [0.2, 0.25) is 0 Å². The quantitative estimate of drug-likeness (QED) is 0.309. The molecule has 0 unspecified atom stereocenters. The van der Waals surface area contributed by atoms with Crippen LogP contribution in [0.1, 0.15) is 26.3 Å². The second-order valence-electron chi connectivity index (χ2n) is 6.94. The highest BCUT2D eigenvalue weighted by atomic mass is 79.9. The average Bonchev–Trinajstić information content (AvgIpc) is 2.76. The van der Waals surface area contributed by atoms with Gasteiger partial charge in [0.05, 0.1) is 5.69 Å². The van der Waals surface area contributed by atoms with Crippen molar-refractivity contribution in [1.29, 1.82) is 0 Å². The van der Waals surface area contributed by atoms with Gasteiger partial charge in [-0.1, -0.05) is 24.3 Å². The number of carbonyl (C=O) groups excluding carboxylic acids is 2. The van der Waals surface area contributed by atoms with Gasteiger partial charge in [0, 0.05) is 21.3 Å². The van der Waals surface area contributed by atoms with Gasteiger partial charge in [0.15, 0.2) is 0 Å². The summed E-state index contributed by atoms with van der Waals surface area (Å²) in [5.41, 5.74) is -4.15. The lowest BCUT2D eigenvalue weighted by Gasteiger charge is -2.15. The first-order chi connectivity index (χ1) is 15.9. The molecule has 0 bridgehead atoms. The van der Waals surface area contributed by atoms with Crippen LogP contribution in [-0.2, 0) is 10.1 Å². The fraction of sp³-hybridized carbons (Fsp3) is 0.0909. The number of rotatable bonds is 6. The van der Waals surface area contributed by atoms with Gasteiger partial charge in [0.1, 0.15) is 5.75 Å². The molecule has 2 N–H and O–H groups in total. The van der Waals surface area contributed by atoms with Crippen molar-refractivity contribution >= 4 is 49.2 Å². The van der Waals surface area contributed by atoms with Crippen LogP contribution in [0.4, 0.5) is 24.5 Å². The summed E-state index contributed by atoms with van der Waals surface area (Å²) < 4.78 is 64.4. The molecule has 0 saturated carbocycles. The molecule has 0 saturated heterocycles. The molecule has 0 spiro atoms. The average molecular weight is 557 g/mol. The monoisotopic (exact) mass is 556 g/mol. The summed E-state index contributed by atoms with van der Waals surface area (Å²) in [4.78, 5) is 25.1. The third-order valence-electron chi connectivity index (χ3n) is 4.41. The number of nitrogens with one attached hydrogen (secondary N) is 2. The van der Waals surface area contributed by atoms with Gasteiger partial charge in [0.25, 0.3) is 11.8 Å². The van der Waals surface area contributed by atoms with Crippen LogP contribution < -0.4 is 14.8 Å². The topological polar surface area (TPSA) is 102 Å². The Morgan fingerprint density at radius 1 is 0.882 bits per heavy atom. The largest absolute Gasteiger partial charge is 0.534 e. The SMILES string of the molecule is Cc1cc(OS(=O)(=O)C(F)(F)F)cc(Br)c1NC(=O)c1cccc(NC(=O)c2ccccc2)c1. The highest BCUT2D eigenvalue weighted by Crippen LogP contribution is 2.34. The van der Waals surface area contributed by atoms with Crippen LogP contribution >= 0.6 is 15.9 Å². The number of aryl methyl sites for hydroxylation is 1. The Morgan fingerprint density at radius 3 is 2.12 bits per heavy atom. The van der Waals surface area contributed by atoms with E-state index in [1.807, 2.05) is 0 Å². The molecule has 34 heavy (non-hydrogen) atoms. The Hall–Kier alpha value is -3.38. The molecule has 7 nitrogen and oxygen atoms in total. The molecule has 3 rings (SSSR count). The highest BCUT2D eigenvalue weighted by molar-refractivity contribution is 9.10. The lowest BCUT2D eigenvalue weighted by atomic mass is 10.1. The van der Waals surface area contributed by atoms with E-state index < -0.39 is 27.3 Å². The van der Waals surface area contributed by atoms with Crippen molar-refractivity contribution < 1.29 is 35.4 Å². The summed E-state index contributed by atoms with van der Waals surface area (Å²) in [5.74, 6) is -1.51. The Kier molecular flexibility index (Phi) is 7.32. The second kappa shape index (κ2) is 9.85. The summed E-state index contributed by atoms with van der Waals surface area (Å²) in [7, 11) is -5.84. The van der Waals surface area contributed by atoms with E-state index in [4.69, 9.17) is 0 Å². The van der Waals surface area contributed by atoms with E-state index in [-0.39, 0.29) is 27.2 Å². The molecule has 0 heterocycles. The molecule has 0 aromatic heterocycles. The third kappa shape index (κ3) is 5.94. The molecular formula is C22H16BrF3N2O5S. The van der Waals surface area contributed by atoms with Crippen LogP contribution in [0.3, 0.4) is 0 Å². The zero-order chi connectivity index (χ0) is 25.1. The highest BCUT2D eigenvalue weighted by Gasteiger charge is 2.48. The molecule has 0 aliphatic heterocycles. The van der Waals surface area contributed by atoms with Crippen LogP contribution in [0.5, 0.6) is 5.75 Å². The number of carbonyl (C=O) groups is 2. The van der Waals surface area contributed by atoms with Gasteiger partial charge in [-0.15, -0.1) is 0 Å². The predicted octanol–water partition coefficient (Wildman–Crippen LogP) is 5.49. The predicted molar refractivity (Wildman–Crippen MR) is 123 cm³/mol. The minimum absolute atomic E-state index is 0.0989. The zero-order valence-electron chi connectivity index (χ0n) is 17.3. The summed E-state index contributed by atoms with van der Waals surface area (Å²) in [6, 6.07) is 16.6. The minimum Gasteiger partial charge on any atom is -0.376 e. The number of alkyl halides is 3. The molecular weight excluding hydrogens is 541 g/mol. The third-order valence-corrected chi connectivity index (χ3v) is 6.01. The van der Waals surface area contributed by atoms with Crippen LogP contribution in [0, 0.1) is 6.92 Å². The fourth-order valence-corrected chi connectivity index (χ4v) is 3.89. The van der Waals surface area contributed by atoms with Crippen LogP contribution in [0.25, 0.3) is 0 Å². The van der Waals surface area contributed by atoms with E-state index in [9.17, 15) is 31.2 Å². The summed E-state index contributed by atoms with van der Waals surface area (Å²) >= 11 is 3.10. The second-order valence-corrected chi connectivity index (χ2v) is 9.33. The van der Waals surface area contributed by atoms with Crippen molar-refractivity contribution in [3.63, 3.8) is 0 Å².